The van der Waals surface area contributed by atoms with Crippen LogP contribution in [0.25, 0.3) is 10.9 Å². The van der Waals surface area contributed by atoms with Crippen molar-refractivity contribution in [1.29, 1.82) is 0 Å². The predicted octanol–water partition coefficient (Wildman–Crippen LogP) is 4.13. The fourth-order valence-electron chi connectivity index (χ4n) is 2.07. The summed E-state index contributed by atoms with van der Waals surface area (Å²) in [5, 5.41) is 0.835. The van der Waals surface area contributed by atoms with Crippen molar-refractivity contribution < 1.29 is 9.21 Å². The Morgan fingerprint density at radius 1 is 1.26 bits per heavy atom. The van der Waals surface area contributed by atoms with Crippen LogP contribution in [0.2, 0.25) is 0 Å². The Balaban J connectivity index is 2.25. The van der Waals surface area contributed by atoms with Gasteiger partial charge < -0.3 is 4.42 Å². The molecule has 3 aromatic rings. The van der Waals surface area contributed by atoms with Crippen LogP contribution < -0.4 is 0 Å². The Kier molecular flexibility index (Phi) is 2.95. The highest BCUT2D eigenvalue weighted by atomic mass is 79.9. The van der Waals surface area contributed by atoms with E-state index in [0.29, 0.717) is 15.8 Å². The zero-order valence-corrected chi connectivity index (χ0v) is 11.8. The normalized spacial score (nSPS) is 10.8. The maximum Gasteiger partial charge on any atom is 0.230 e. The minimum absolute atomic E-state index is 0.140. The highest BCUT2D eigenvalue weighted by molar-refractivity contribution is 9.10. The van der Waals surface area contributed by atoms with Crippen LogP contribution in [0, 0.1) is 6.92 Å². The number of aromatic nitrogens is 1. The lowest BCUT2D eigenvalue weighted by molar-refractivity contribution is 0.101. The monoisotopic (exact) mass is 315 g/mol. The number of carbonyl (C=O) groups is 1. The van der Waals surface area contributed by atoms with Gasteiger partial charge >= 0.3 is 0 Å². The van der Waals surface area contributed by atoms with E-state index in [4.69, 9.17) is 4.42 Å². The Morgan fingerprint density at radius 3 is 2.79 bits per heavy atom. The van der Waals surface area contributed by atoms with E-state index in [1.807, 2.05) is 31.2 Å². The van der Waals surface area contributed by atoms with Gasteiger partial charge in [0.1, 0.15) is 0 Å². The second-order valence-corrected chi connectivity index (χ2v) is 5.11. The number of benzene rings is 1. The number of pyridine rings is 1. The van der Waals surface area contributed by atoms with Gasteiger partial charge in [-0.05, 0) is 41.1 Å². The molecule has 0 N–H and O–H groups in total. The second kappa shape index (κ2) is 4.63. The number of hydrogen-bond donors (Lipinski definition) is 0. The molecule has 0 amide bonds. The molecule has 0 aliphatic rings. The summed E-state index contributed by atoms with van der Waals surface area (Å²) in [7, 11) is 0. The molecule has 3 nitrogen and oxygen atoms in total. The lowest BCUT2D eigenvalue weighted by Gasteiger charge is -2.05. The van der Waals surface area contributed by atoms with Crippen LogP contribution in [0.3, 0.4) is 0 Å². The second-order valence-electron chi connectivity index (χ2n) is 4.26. The summed E-state index contributed by atoms with van der Waals surface area (Å²) in [6, 6.07) is 11.1. The third kappa shape index (κ3) is 2.08. The number of furan rings is 1. The van der Waals surface area contributed by atoms with Crippen LogP contribution in [0.15, 0.2) is 51.6 Å². The van der Waals surface area contributed by atoms with Gasteiger partial charge in [0.05, 0.1) is 16.3 Å². The van der Waals surface area contributed by atoms with E-state index in [2.05, 4.69) is 20.9 Å². The molecule has 94 valence electrons. The van der Waals surface area contributed by atoms with E-state index in [0.717, 1.165) is 16.6 Å². The number of hydrogen-bond acceptors (Lipinski definition) is 3. The average Bonchev–Trinajstić information content (AvgIpc) is 2.83. The van der Waals surface area contributed by atoms with Gasteiger partial charge in [0, 0.05) is 16.6 Å². The van der Waals surface area contributed by atoms with Gasteiger partial charge in [-0.15, -0.1) is 0 Å². The van der Waals surface area contributed by atoms with E-state index in [1.165, 1.54) is 6.26 Å². The van der Waals surface area contributed by atoms with E-state index >= 15 is 0 Å². The Bertz CT molecular complexity index is 777. The quantitative estimate of drug-likeness (QED) is 0.668. The molecule has 0 spiro atoms. The van der Waals surface area contributed by atoms with E-state index in [9.17, 15) is 4.79 Å². The molecule has 0 radical (unpaired) electrons. The topological polar surface area (TPSA) is 43.1 Å². The largest absolute Gasteiger partial charge is 0.460 e. The number of halogens is 1. The molecule has 2 aromatic heterocycles. The van der Waals surface area contributed by atoms with Crippen molar-refractivity contribution in [2.45, 2.75) is 6.92 Å². The van der Waals surface area contributed by atoms with Crippen molar-refractivity contribution in [3.8, 4) is 0 Å². The SMILES string of the molecule is Cc1cc(C(=O)c2occc2Br)c2ccccc2n1. The number of para-hydroxylation sites is 1. The molecule has 19 heavy (non-hydrogen) atoms. The van der Waals surface area contributed by atoms with Gasteiger partial charge in [-0.3, -0.25) is 9.78 Å². The number of fused-ring (bicyclic) bond motifs is 1. The van der Waals surface area contributed by atoms with Crippen LogP contribution in [0.1, 0.15) is 21.8 Å². The molecule has 0 fully saturated rings. The molecule has 0 unspecified atom stereocenters. The van der Waals surface area contributed by atoms with Crippen molar-refractivity contribution in [3.05, 3.63) is 64.2 Å². The summed E-state index contributed by atoms with van der Waals surface area (Å²) in [5.74, 6) is 0.175. The Labute approximate surface area is 118 Å². The number of nitrogens with zero attached hydrogens (tertiary/aromatic N) is 1. The summed E-state index contributed by atoms with van der Waals surface area (Å²) in [6.45, 7) is 1.88. The van der Waals surface area contributed by atoms with Crippen molar-refractivity contribution in [2.75, 3.05) is 0 Å². The maximum atomic E-state index is 12.5. The van der Waals surface area contributed by atoms with E-state index < -0.39 is 0 Å². The number of aryl methyl sites for hydroxylation is 1. The summed E-state index contributed by atoms with van der Waals surface area (Å²) in [5.41, 5.74) is 2.23. The molecule has 3 rings (SSSR count). The average molecular weight is 316 g/mol. The van der Waals surface area contributed by atoms with Crippen molar-refractivity contribution in [3.63, 3.8) is 0 Å². The lowest BCUT2D eigenvalue weighted by atomic mass is 10.0. The molecule has 2 heterocycles. The molecule has 1 aromatic carbocycles. The first-order valence-corrected chi connectivity index (χ1v) is 6.60. The molecule has 0 saturated carbocycles. The molecule has 4 heteroatoms. The first kappa shape index (κ1) is 12.1. The van der Waals surface area contributed by atoms with Crippen LogP contribution in [0.5, 0.6) is 0 Å². The third-order valence-electron chi connectivity index (χ3n) is 2.91. The highest BCUT2D eigenvalue weighted by Gasteiger charge is 2.19. The molecule has 0 atom stereocenters. The molecule has 0 aliphatic carbocycles. The standard InChI is InChI=1S/C15H10BrNO2/c1-9-8-11(10-4-2-3-5-13(10)17-9)14(18)15-12(16)6-7-19-15/h2-8H,1H3. The molecule has 0 bridgehead atoms. The minimum Gasteiger partial charge on any atom is -0.460 e. The first-order valence-electron chi connectivity index (χ1n) is 5.81. The minimum atomic E-state index is -0.140. The molecular weight excluding hydrogens is 306 g/mol. The Hall–Kier alpha value is -1.94. The lowest BCUT2D eigenvalue weighted by Crippen LogP contribution is -2.03. The fourth-order valence-corrected chi connectivity index (χ4v) is 2.46. The summed E-state index contributed by atoms with van der Waals surface area (Å²) in [4.78, 5) is 17.0. The van der Waals surface area contributed by atoms with Gasteiger partial charge in [0.2, 0.25) is 5.78 Å². The zero-order chi connectivity index (χ0) is 13.4. The van der Waals surface area contributed by atoms with Crippen molar-refractivity contribution in [1.82, 2.24) is 4.98 Å². The fraction of sp³-hybridized carbons (Fsp3) is 0.0667. The number of carbonyl (C=O) groups excluding carboxylic acids is 1. The van der Waals surface area contributed by atoms with Crippen LogP contribution in [-0.4, -0.2) is 10.8 Å². The summed E-state index contributed by atoms with van der Waals surface area (Å²) < 4.78 is 5.92. The number of ketones is 1. The van der Waals surface area contributed by atoms with Crippen molar-refractivity contribution in [2.24, 2.45) is 0 Å². The van der Waals surface area contributed by atoms with Gasteiger partial charge in [0.25, 0.3) is 0 Å². The van der Waals surface area contributed by atoms with Crippen molar-refractivity contribution >= 4 is 32.6 Å². The van der Waals surface area contributed by atoms with Gasteiger partial charge in [0.15, 0.2) is 5.76 Å². The van der Waals surface area contributed by atoms with Crippen LogP contribution in [0.4, 0.5) is 0 Å². The smallest absolute Gasteiger partial charge is 0.230 e. The Morgan fingerprint density at radius 2 is 2.05 bits per heavy atom. The molecule has 0 saturated heterocycles. The highest BCUT2D eigenvalue weighted by Crippen LogP contribution is 2.25. The first-order chi connectivity index (χ1) is 9.16. The summed E-state index contributed by atoms with van der Waals surface area (Å²) in [6.07, 6.45) is 1.49. The third-order valence-corrected chi connectivity index (χ3v) is 3.54. The summed E-state index contributed by atoms with van der Waals surface area (Å²) >= 11 is 3.32. The predicted molar refractivity (Wildman–Crippen MR) is 76.3 cm³/mol. The zero-order valence-electron chi connectivity index (χ0n) is 10.2. The van der Waals surface area contributed by atoms with Gasteiger partial charge in [-0.1, -0.05) is 18.2 Å². The van der Waals surface area contributed by atoms with E-state index in [1.54, 1.807) is 12.1 Å². The van der Waals surface area contributed by atoms with Gasteiger partial charge in [-0.2, -0.15) is 0 Å². The van der Waals surface area contributed by atoms with Gasteiger partial charge in [-0.25, -0.2) is 0 Å². The van der Waals surface area contributed by atoms with E-state index in [-0.39, 0.29) is 5.78 Å². The van der Waals surface area contributed by atoms with Crippen LogP contribution in [-0.2, 0) is 0 Å². The molecular formula is C15H10BrNO2. The molecule has 0 aliphatic heterocycles. The van der Waals surface area contributed by atoms with Crippen LogP contribution >= 0.6 is 15.9 Å². The maximum absolute atomic E-state index is 12.5. The number of rotatable bonds is 2.